The molecule has 0 atom stereocenters. The van der Waals surface area contributed by atoms with Crippen molar-refractivity contribution >= 4 is 17.4 Å². The molecule has 0 fully saturated rings. The van der Waals surface area contributed by atoms with Crippen molar-refractivity contribution in [2.45, 2.75) is 6.92 Å². The van der Waals surface area contributed by atoms with Crippen molar-refractivity contribution in [1.82, 2.24) is 9.78 Å². The van der Waals surface area contributed by atoms with E-state index < -0.39 is 0 Å². The Kier molecular flexibility index (Phi) is 2.98. The first-order valence-electron chi connectivity index (χ1n) is 5.17. The Hall–Kier alpha value is -1.68. The number of methoxy groups -OCH3 is 1. The van der Waals surface area contributed by atoms with E-state index >= 15 is 0 Å². The van der Waals surface area contributed by atoms with Gasteiger partial charge in [-0.25, -0.2) is 0 Å². The molecule has 0 aliphatic carbocycles. The molecule has 0 saturated heterocycles. The molecular formula is C12H14ClN3O. The van der Waals surface area contributed by atoms with Crippen LogP contribution in [0.4, 0.5) is 5.82 Å². The summed E-state index contributed by atoms with van der Waals surface area (Å²) in [7, 11) is 3.39. The van der Waals surface area contributed by atoms with Crippen molar-refractivity contribution in [3.05, 3.63) is 28.8 Å². The maximum Gasteiger partial charge on any atom is 0.147 e. The third-order valence-electron chi connectivity index (χ3n) is 2.69. The fraction of sp³-hybridized carbons (Fsp3) is 0.250. The summed E-state index contributed by atoms with van der Waals surface area (Å²) < 4.78 is 6.96. The van der Waals surface area contributed by atoms with Crippen molar-refractivity contribution < 1.29 is 4.74 Å². The second-order valence-electron chi connectivity index (χ2n) is 3.85. The molecule has 5 heteroatoms. The van der Waals surface area contributed by atoms with E-state index in [-0.39, 0.29) is 0 Å². The van der Waals surface area contributed by atoms with Crippen molar-refractivity contribution in [2.24, 2.45) is 7.05 Å². The lowest BCUT2D eigenvalue weighted by Crippen LogP contribution is -1.97. The van der Waals surface area contributed by atoms with E-state index in [0.717, 1.165) is 16.8 Å². The molecule has 0 radical (unpaired) electrons. The van der Waals surface area contributed by atoms with Gasteiger partial charge in [0.05, 0.1) is 17.8 Å². The number of halogens is 1. The van der Waals surface area contributed by atoms with Crippen LogP contribution in [0, 0.1) is 6.92 Å². The van der Waals surface area contributed by atoms with Gasteiger partial charge in [0.1, 0.15) is 11.6 Å². The topological polar surface area (TPSA) is 53.1 Å². The lowest BCUT2D eigenvalue weighted by atomic mass is 10.0. The molecule has 1 heterocycles. The number of nitrogens with zero attached hydrogens (tertiary/aromatic N) is 2. The zero-order valence-corrected chi connectivity index (χ0v) is 10.7. The van der Waals surface area contributed by atoms with Gasteiger partial charge in [-0.05, 0) is 18.6 Å². The highest BCUT2D eigenvalue weighted by Crippen LogP contribution is 2.38. The first-order chi connectivity index (χ1) is 8.04. The van der Waals surface area contributed by atoms with E-state index in [1.165, 1.54) is 0 Å². The number of aryl methyl sites for hydroxylation is 2. The molecule has 1 aromatic carbocycles. The highest BCUT2D eigenvalue weighted by Gasteiger charge is 2.16. The third-order valence-corrected chi connectivity index (χ3v) is 2.99. The Morgan fingerprint density at radius 1 is 1.41 bits per heavy atom. The normalized spacial score (nSPS) is 10.6. The van der Waals surface area contributed by atoms with Gasteiger partial charge >= 0.3 is 0 Å². The molecule has 90 valence electrons. The molecule has 0 spiro atoms. The van der Waals surface area contributed by atoms with Gasteiger partial charge in [-0.15, -0.1) is 0 Å². The average molecular weight is 252 g/mol. The number of benzene rings is 1. The Morgan fingerprint density at radius 3 is 2.65 bits per heavy atom. The van der Waals surface area contributed by atoms with Crippen LogP contribution >= 0.6 is 11.6 Å². The van der Waals surface area contributed by atoms with Gasteiger partial charge in [0.25, 0.3) is 0 Å². The molecule has 2 aromatic rings. The van der Waals surface area contributed by atoms with Crippen LogP contribution in [0.15, 0.2) is 18.2 Å². The number of rotatable bonds is 2. The van der Waals surface area contributed by atoms with Crippen LogP contribution in [-0.4, -0.2) is 16.9 Å². The fourth-order valence-electron chi connectivity index (χ4n) is 1.78. The summed E-state index contributed by atoms with van der Waals surface area (Å²) in [5, 5.41) is 4.91. The SMILES string of the molecule is COc1c(Cl)ccc(C)c1-c1cc(N)n(C)n1. The van der Waals surface area contributed by atoms with Crippen LogP contribution in [0.25, 0.3) is 11.3 Å². The largest absolute Gasteiger partial charge is 0.494 e. The first-order valence-corrected chi connectivity index (χ1v) is 5.55. The molecule has 0 aliphatic heterocycles. The zero-order chi connectivity index (χ0) is 12.6. The number of aromatic nitrogens is 2. The van der Waals surface area contributed by atoms with Crippen LogP contribution in [0.3, 0.4) is 0 Å². The molecule has 17 heavy (non-hydrogen) atoms. The molecule has 2 rings (SSSR count). The summed E-state index contributed by atoms with van der Waals surface area (Å²) >= 11 is 6.11. The van der Waals surface area contributed by atoms with Crippen molar-refractivity contribution in [2.75, 3.05) is 12.8 Å². The lowest BCUT2D eigenvalue weighted by Gasteiger charge is -2.11. The van der Waals surface area contributed by atoms with E-state index in [0.29, 0.717) is 16.6 Å². The summed E-state index contributed by atoms with van der Waals surface area (Å²) in [4.78, 5) is 0. The highest BCUT2D eigenvalue weighted by atomic mass is 35.5. The van der Waals surface area contributed by atoms with E-state index in [1.54, 1.807) is 24.9 Å². The molecule has 1 aromatic heterocycles. The van der Waals surface area contributed by atoms with Gasteiger partial charge < -0.3 is 10.5 Å². The molecule has 0 saturated carbocycles. The predicted molar refractivity (Wildman–Crippen MR) is 69.4 cm³/mol. The number of nitrogen functional groups attached to an aromatic ring is 1. The average Bonchev–Trinajstić information content (AvgIpc) is 2.61. The van der Waals surface area contributed by atoms with Gasteiger partial charge in [-0.1, -0.05) is 17.7 Å². The summed E-state index contributed by atoms with van der Waals surface area (Å²) in [5.74, 6) is 1.23. The molecular weight excluding hydrogens is 238 g/mol. The minimum atomic E-state index is 0.567. The monoisotopic (exact) mass is 251 g/mol. The summed E-state index contributed by atoms with van der Waals surface area (Å²) in [6.07, 6.45) is 0. The Balaban J connectivity index is 2.69. The maximum absolute atomic E-state index is 6.11. The summed E-state index contributed by atoms with van der Waals surface area (Å²) in [6, 6.07) is 5.55. The van der Waals surface area contributed by atoms with Gasteiger partial charge in [0, 0.05) is 18.7 Å². The lowest BCUT2D eigenvalue weighted by molar-refractivity contribution is 0.416. The first kappa shape index (κ1) is 11.8. The smallest absolute Gasteiger partial charge is 0.147 e. The molecule has 4 nitrogen and oxygen atoms in total. The van der Waals surface area contributed by atoms with Gasteiger partial charge in [0.15, 0.2) is 0 Å². The standard InChI is InChI=1S/C12H14ClN3O/c1-7-4-5-8(13)12(17-3)11(7)9-6-10(14)16(2)15-9/h4-6H,14H2,1-3H3. The van der Waals surface area contributed by atoms with Gasteiger partial charge in [0.2, 0.25) is 0 Å². The molecule has 2 N–H and O–H groups in total. The van der Waals surface area contributed by atoms with Crippen molar-refractivity contribution in [3.8, 4) is 17.0 Å². The van der Waals surface area contributed by atoms with E-state index in [1.807, 2.05) is 19.1 Å². The third kappa shape index (κ3) is 1.96. The van der Waals surface area contributed by atoms with E-state index in [9.17, 15) is 0 Å². The number of ether oxygens (including phenoxy) is 1. The fourth-order valence-corrected chi connectivity index (χ4v) is 2.01. The predicted octanol–water partition coefficient (Wildman–Crippen LogP) is 2.64. The summed E-state index contributed by atoms with van der Waals surface area (Å²) in [6.45, 7) is 1.99. The minimum Gasteiger partial charge on any atom is -0.494 e. The number of hydrogen-bond acceptors (Lipinski definition) is 3. The molecule has 0 amide bonds. The molecule has 0 unspecified atom stereocenters. The van der Waals surface area contributed by atoms with E-state index in [2.05, 4.69) is 5.10 Å². The number of anilines is 1. The van der Waals surface area contributed by atoms with E-state index in [4.69, 9.17) is 22.1 Å². The van der Waals surface area contributed by atoms with Crippen LogP contribution in [-0.2, 0) is 7.05 Å². The molecule has 0 bridgehead atoms. The van der Waals surface area contributed by atoms with Gasteiger partial charge in [-0.2, -0.15) is 5.10 Å². The van der Waals surface area contributed by atoms with Crippen LogP contribution in [0.1, 0.15) is 5.56 Å². The second kappa shape index (κ2) is 4.30. The van der Waals surface area contributed by atoms with Crippen LogP contribution < -0.4 is 10.5 Å². The molecule has 0 aliphatic rings. The Bertz CT molecular complexity index is 544. The zero-order valence-electron chi connectivity index (χ0n) is 9.99. The summed E-state index contributed by atoms with van der Waals surface area (Å²) in [5.41, 5.74) is 8.48. The van der Waals surface area contributed by atoms with Gasteiger partial charge in [-0.3, -0.25) is 4.68 Å². The van der Waals surface area contributed by atoms with Crippen LogP contribution in [0.5, 0.6) is 5.75 Å². The van der Waals surface area contributed by atoms with Crippen molar-refractivity contribution in [3.63, 3.8) is 0 Å². The minimum absolute atomic E-state index is 0.567. The number of hydrogen-bond donors (Lipinski definition) is 1. The second-order valence-corrected chi connectivity index (χ2v) is 4.26. The Labute approximate surface area is 105 Å². The Morgan fingerprint density at radius 2 is 2.12 bits per heavy atom. The quantitative estimate of drug-likeness (QED) is 0.893. The van der Waals surface area contributed by atoms with Crippen molar-refractivity contribution in [1.29, 1.82) is 0 Å². The van der Waals surface area contributed by atoms with Crippen LogP contribution in [0.2, 0.25) is 5.02 Å². The highest BCUT2D eigenvalue weighted by molar-refractivity contribution is 6.32. The maximum atomic E-state index is 6.11. The number of nitrogens with two attached hydrogens (primary N) is 1.